The highest BCUT2D eigenvalue weighted by atomic mass is 19.4. The van der Waals surface area contributed by atoms with Gasteiger partial charge in [0.15, 0.2) is 0 Å². The molecule has 2 aromatic rings. The maximum atomic E-state index is 12.7. The second kappa shape index (κ2) is 5.69. The first kappa shape index (κ1) is 15.2. The van der Waals surface area contributed by atoms with Gasteiger partial charge in [0, 0.05) is 5.56 Å². The summed E-state index contributed by atoms with van der Waals surface area (Å²) in [5.41, 5.74) is 1.12. The van der Waals surface area contributed by atoms with Gasteiger partial charge in [-0.15, -0.1) is 5.10 Å². The predicted octanol–water partition coefficient (Wildman–Crippen LogP) is 2.97. The van der Waals surface area contributed by atoms with Gasteiger partial charge < -0.3 is 9.84 Å². The minimum Gasteiger partial charge on any atom is -0.496 e. The molecule has 0 fully saturated rings. The largest absolute Gasteiger partial charge is 0.496 e. The smallest absolute Gasteiger partial charge is 0.416 e. The number of methoxy groups -OCH3 is 1. The zero-order chi connectivity index (χ0) is 15.6. The number of aliphatic hydroxyl groups excluding tert-OH is 1. The Morgan fingerprint density at radius 2 is 1.90 bits per heavy atom. The SMILES string of the molecule is COc1cc(C(F)(F)F)ccc1-c1nnc(CO)cc1C. The van der Waals surface area contributed by atoms with Crippen LogP contribution >= 0.6 is 0 Å². The van der Waals surface area contributed by atoms with E-state index < -0.39 is 11.7 Å². The Balaban J connectivity index is 2.54. The van der Waals surface area contributed by atoms with Crippen LogP contribution in [-0.4, -0.2) is 22.4 Å². The van der Waals surface area contributed by atoms with Crippen molar-refractivity contribution in [3.05, 3.63) is 41.1 Å². The molecule has 0 radical (unpaired) electrons. The van der Waals surface area contributed by atoms with E-state index in [-0.39, 0.29) is 12.4 Å². The highest BCUT2D eigenvalue weighted by molar-refractivity contribution is 5.70. The predicted molar refractivity (Wildman–Crippen MR) is 69.7 cm³/mol. The minimum absolute atomic E-state index is 0.0685. The molecule has 0 amide bonds. The fraction of sp³-hybridized carbons (Fsp3) is 0.286. The number of alkyl halides is 3. The van der Waals surface area contributed by atoms with E-state index >= 15 is 0 Å². The summed E-state index contributed by atoms with van der Waals surface area (Å²) < 4.78 is 43.1. The Kier molecular flexibility index (Phi) is 4.13. The molecular weight excluding hydrogens is 285 g/mol. The third kappa shape index (κ3) is 3.13. The summed E-state index contributed by atoms with van der Waals surface area (Å²) in [5.74, 6) is 0.0685. The molecule has 1 N–H and O–H groups in total. The van der Waals surface area contributed by atoms with Crippen molar-refractivity contribution in [2.45, 2.75) is 19.7 Å². The molecule has 0 atom stereocenters. The van der Waals surface area contributed by atoms with Crippen molar-refractivity contribution in [3.8, 4) is 17.0 Å². The van der Waals surface area contributed by atoms with E-state index in [0.29, 0.717) is 22.5 Å². The van der Waals surface area contributed by atoms with Crippen LogP contribution < -0.4 is 4.74 Å². The standard InChI is InChI=1S/C14H13F3N2O2/c1-8-5-10(7-20)18-19-13(8)11-4-3-9(14(15,16)17)6-12(11)21-2/h3-6,20H,7H2,1-2H3. The van der Waals surface area contributed by atoms with Crippen LogP contribution in [0.1, 0.15) is 16.8 Å². The molecule has 0 aliphatic carbocycles. The van der Waals surface area contributed by atoms with Crippen molar-refractivity contribution in [1.82, 2.24) is 10.2 Å². The summed E-state index contributed by atoms with van der Waals surface area (Å²) in [6, 6.07) is 4.83. The second-order valence-electron chi connectivity index (χ2n) is 4.44. The molecule has 0 saturated heterocycles. The van der Waals surface area contributed by atoms with Gasteiger partial charge in [-0.05, 0) is 36.8 Å². The number of aromatic nitrogens is 2. The lowest BCUT2D eigenvalue weighted by molar-refractivity contribution is -0.137. The first-order chi connectivity index (χ1) is 9.86. The third-order valence-corrected chi connectivity index (χ3v) is 2.98. The number of nitrogens with zero attached hydrogens (tertiary/aromatic N) is 2. The van der Waals surface area contributed by atoms with E-state index in [1.54, 1.807) is 13.0 Å². The van der Waals surface area contributed by atoms with Crippen LogP contribution in [0.3, 0.4) is 0 Å². The molecule has 0 saturated carbocycles. The van der Waals surface area contributed by atoms with Gasteiger partial charge in [0.25, 0.3) is 0 Å². The number of aryl methyl sites for hydroxylation is 1. The molecule has 21 heavy (non-hydrogen) atoms. The lowest BCUT2D eigenvalue weighted by Crippen LogP contribution is -2.06. The first-order valence-electron chi connectivity index (χ1n) is 6.06. The first-order valence-corrected chi connectivity index (χ1v) is 6.06. The normalized spacial score (nSPS) is 11.5. The van der Waals surface area contributed by atoms with Crippen LogP contribution in [0.2, 0.25) is 0 Å². The van der Waals surface area contributed by atoms with E-state index in [4.69, 9.17) is 9.84 Å². The van der Waals surface area contributed by atoms with Crippen molar-refractivity contribution < 1.29 is 23.0 Å². The zero-order valence-electron chi connectivity index (χ0n) is 11.4. The van der Waals surface area contributed by atoms with Crippen molar-refractivity contribution in [3.63, 3.8) is 0 Å². The molecule has 1 aromatic heterocycles. The molecule has 0 spiro atoms. The van der Waals surface area contributed by atoms with Crippen LogP contribution in [0.25, 0.3) is 11.3 Å². The Morgan fingerprint density at radius 1 is 1.19 bits per heavy atom. The molecule has 0 bridgehead atoms. The molecule has 7 heteroatoms. The Hall–Kier alpha value is -2.15. The average molecular weight is 298 g/mol. The minimum atomic E-state index is -4.44. The molecule has 0 aliphatic heterocycles. The summed E-state index contributed by atoms with van der Waals surface area (Å²) in [6.07, 6.45) is -4.44. The van der Waals surface area contributed by atoms with Crippen LogP contribution in [0.15, 0.2) is 24.3 Å². The lowest BCUT2D eigenvalue weighted by atomic mass is 10.0. The molecule has 0 unspecified atom stereocenters. The maximum absolute atomic E-state index is 12.7. The van der Waals surface area contributed by atoms with Crippen molar-refractivity contribution >= 4 is 0 Å². The summed E-state index contributed by atoms with van der Waals surface area (Å²) >= 11 is 0. The second-order valence-corrected chi connectivity index (χ2v) is 4.44. The van der Waals surface area contributed by atoms with Gasteiger partial charge in [-0.2, -0.15) is 18.3 Å². The molecular formula is C14H13F3N2O2. The van der Waals surface area contributed by atoms with Crippen LogP contribution in [0, 0.1) is 6.92 Å². The highest BCUT2D eigenvalue weighted by Gasteiger charge is 2.31. The van der Waals surface area contributed by atoms with E-state index in [0.717, 1.165) is 12.1 Å². The number of hydrogen-bond acceptors (Lipinski definition) is 4. The number of benzene rings is 1. The quantitative estimate of drug-likeness (QED) is 0.946. The van der Waals surface area contributed by atoms with Gasteiger partial charge in [0.05, 0.1) is 30.7 Å². The molecule has 0 aliphatic rings. The monoisotopic (exact) mass is 298 g/mol. The third-order valence-electron chi connectivity index (χ3n) is 2.98. The number of ether oxygens (including phenoxy) is 1. The number of aliphatic hydroxyl groups is 1. The van der Waals surface area contributed by atoms with Gasteiger partial charge >= 0.3 is 6.18 Å². The van der Waals surface area contributed by atoms with Gasteiger partial charge in [0.2, 0.25) is 0 Å². The fourth-order valence-electron chi connectivity index (χ4n) is 1.95. The van der Waals surface area contributed by atoms with Crippen LogP contribution in [0.4, 0.5) is 13.2 Å². The number of rotatable bonds is 3. The van der Waals surface area contributed by atoms with Crippen LogP contribution in [0.5, 0.6) is 5.75 Å². The maximum Gasteiger partial charge on any atom is 0.416 e. The topological polar surface area (TPSA) is 55.2 Å². The lowest BCUT2D eigenvalue weighted by Gasteiger charge is -2.13. The van der Waals surface area contributed by atoms with Crippen molar-refractivity contribution in [2.24, 2.45) is 0 Å². The van der Waals surface area contributed by atoms with Gasteiger partial charge in [0.1, 0.15) is 5.75 Å². The Morgan fingerprint density at radius 3 is 2.43 bits per heavy atom. The van der Waals surface area contributed by atoms with Crippen molar-refractivity contribution in [1.29, 1.82) is 0 Å². The average Bonchev–Trinajstić information content (AvgIpc) is 2.45. The summed E-state index contributed by atoms with van der Waals surface area (Å²) in [7, 11) is 1.30. The van der Waals surface area contributed by atoms with E-state index in [1.807, 2.05) is 0 Å². The zero-order valence-corrected chi connectivity index (χ0v) is 11.4. The molecule has 1 heterocycles. The molecule has 2 rings (SSSR count). The molecule has 112 valence electrons. The Labute approximate surface area is 119 Å². The summed E-state index contributed by atoms with van der Waals surface area (Å²) in [4.78, 5) is 0. The Bertz CT molecular complexity index is 657. The van der Waals surface area contributed by atoms with Crippen molar-refractivity contribution in [2.75, 3.05) is 7.11 Å². The van der Waals surface area contributed by atoms with E-state index in [2.05, 4.69) is 10.2 Å². The number of halogens is 3. The number of hydrogen-bond donors (Lipinski definition) is 1. The highest BCUT2D eigenvalue weighted by Crippen LogP contribution is 2.37. The van der Waals surface area contributed by atoms with E-state index in [9.17, 15) is 13.2 Å². The van der Waals surface area contributed by atoms with Gasteiger partial charge in [-0.25, -0.2) is 0 Å². The summed E-state index contributed by atoms with van der Waals surface area (Å²) in [5, 5.41) is 16.7. The van der Waals surface area contributed by atoms with Gasteiger partial charge in [-0.3, -0.25) is 0 Å². The molecule has 4 nitrogen and oxygen atoms in total. The molecule has 1 aromatic carbocycles. The van der Waals surface area contributed by atoms with Gasteiger partial charge in [-0.1, -0.05) is 0 Å². The van der Waals surface area contributed by atoms with Crippen LogP contribution in [-0.2, 0) is 12.8 Å². The summed E-state index contributed by atoms with van der Waals surface area (Å²) in [6.45, 7) is 1.48. The fourth-order valence-corrected chi connectivity index (χ4v) is 1.95. The van der Waals surface area contributed by atoms with E-state index in [1.165, 1.54) is 13.2 Å².